The van der Waals surface area contributed by atoms with Gasteiger partial charge in [-0.2, -0.15) is 13.2 Å². The Bertz CT molecular complexity index is 640. The van der Waals surface area contributed by atoms with Gasteiger partial charge in [-0.25, -0.2) is 13.1 Å². The van der Waals surface area contributed by atoms with E-state index in [0.717, 1.165) is 6.07 Å². The third-order valence-corrected chi connectivity index (χ3v) is 5.09. The Morgan fingerprint density at radius 3 is 2.61 bits per heavy atom. The van der Waals surface area contributed by atoms with Gasteiger partial charge in [0, 0.05) is 19.8 Å². The zero-order chi connectivity index (χ0) is 17.1. The molecule has 0 unspecified atom stereocenters. The summed E-state index contributed by atoms with van der Waals surface area (Å²) in [6, 6.07) is 3.01. The molecule has 1 aromatic carbocycles. The zero-order valence-corrected chi connectivity index (χ0v) is 13.6. The smallest absolute Gasteiger partial charge is 0.381 e. The molecule has 1 saturated carbocycles. The van der Waals surface area contributed by atoms with Gasteiger partial charge in [-0.05, 0) is 49.8 Å². The van der Waals surface area contributed by atoms with Crippen LogP contribution in [0.2, 0.25) is 0 Å². The second-order valence-electron chi connectivity index (χ2n) is 5.74. The van der Waals surface area contributed by atoms with Crippen molar-refractivity contribution < 1.29 is 26.3 Å². The van der Waals surface area contributed by atoms with E-state index in [9.17, 15) is 21.6 Å². The van der Waals surface area contributed by atoms with Crippen LogP contribution in [0.25, 0.3) is 0 Å². The fourth-order valence-corrected chi connectivity index (χ4v) is 3.17. The van der Waals surface area contributed by atoms with Gasteiger partial charge in [-0.15, -0.1) is 0 Å². The number of hydrogen-bond donors (Lipinski definition) is 1. The second kappa shape index (κ2) is 7.19. The first-order chi connectivity index (χ1) is 10.7. The van der Waals surface area contributed by atoms with Gasteiger partial charge in [0.1, 0.15) is 0 Å². The molecule has 1 aliphatic rings. The van der Waals surface area contributed by atoms with E-state index in [1.54, 1.807) is 0 Å². The van der Waals surface area contributed by atoms with Gasteiger partial charge in [-0.1, -0.05) is 6.07 Å². The lowest BCUT2D eigenvalue weighted by molar-refractivity contribution is -0.138. The minimum atomic E-state index is -4.58. The van der Waals surface area contributed by atoms with Gasteiger partial charge in [-0.3, -0.25) is 0 Å². The summed E-state index contributed by atoms with van der Waals surface area (Å²) in [7, 11) is -3.96. The lowest BCUT2D eigenvalue weighted by Crippen LogP contribution is -2.26. The first kappa shape index (κ1) is 18.2. The van der Waals surface area contributed by atoms with Crippen molar-refractivity contribution in [1.82, 2.24) is 4.72 Å². The van der Waals surface area contributed by atoms with Gasteiger partial charge < -0.3 is 4.74 Å². The quantitative estimate of drug-likeness (QED) is 0.732. The molecule has 0 bridgehead atoms. The molecule has 1 aliphatic carbocycles. The van der Waals surface area contributed by atoms with E-state index in [0.29, 0.717) is 31.6 Å². The lowest BCUT2D eigenvalue weighted by atomic mass is 10.1. The highest BCUT2D eigenvalue weighted by molar-refractivity contribution is 7.89. The van der Waals surface area contributed by atoms with E-state index in [1.165, 1.54) is 25.8 Å². The van der Waals surface area contributed by atoms with E-state index >= 15 is 0 Å². The highest BCUT2D eigenvalue weighted by Crippen LogP contribution is 2.33. The highest BCUT2D eigenvalue weighted by Gasteiger charge is 2.33. The molecular weight excluding hydrogens is 331 g/mol. The normalized spacial score (nSPS) is 15.8. The van der Waals surface area contributed by atoms with Crippen molar-refractivity contribution in [3.63, 3.8) is 0 Å². The van der Waals surface area contributed by atoms with Crippen LogP contribution in [-0.4, -0.2) is 28.2 Å². The fraction of sp³-hybridized carbons (Fsp3) is 0.600. The molecule has 0 aromatic heterocycles. The molecule has 1 N–H and O–H groups in total. The second-order valence-corrected chi connectivity index (χ2v) is 7.51. The Balaban J connectivity index is 1.90. The molecule has 0 aliphatic heterocycles. The summed E-state index contributed by atoms with van der Waals surface area (Å²) < 4.78 is 70.3. The molecule has 130 valence electrons. The number of alkyl halides is 3. The number of sulfonamides is 1. The lowest BCUT2D eigenvalue weighted by Gasteiger charge is -2.13. The number of hydrogen-bond acceptors (Lipinski definition) is 3. The standard InChI is InChI=1S/C15H20F3NO3S/c1-11-3-6-13(9-14(11)15(16,17)18)23(20,21)19-7-2-8-22-10-12-4-5-12/h3,6,9,12,19H,2,4-5,7-8,10H2,1H3. The Morgan fingerprint density at radius 1 is 1.30 bits per heavy atom. The Kier molecular flexibility index (Phi) is 5.70. The summed E-state index contributed by atoms with van der Waals surface area (Å²) >= 11 is 0. The van der Waals surface area contributed by atoms with Gasteiger partial charge in [0.2, 0.25) is 10.0 Å². The van der Waals surface area contributed by atoms with Crippen LogP contribution in [0.5, 0.6) is 0 Å². The van der Waals surface area contributed by atoms with E-state index in [-0.39, 0.29) is 17.0 Å². The van der Waals surface area contributed by atoms with Gasteiger partial charge >= 0.3 is 6.18 Å². The van der Waals surface area contributed by atoms with Crippen LogP contribution < -0.4 is 4.72 Å². The Labute approximate surface area is 134 Å². The zero-order valence-electron chi connectivity index (χ0n) is 12.8. The van der Waals surface area contributed by atoms with Crippen LogP contribution in [-0.2, 0) is 20.9 Å². The van der Waals surface area contributed by atoms with E-state index in [4.69, 9.17) is 4.74 Å². The number of rotatable bonds is 8. The number of halogens is 3. The topological polar surface area (TPSA) is 55.4 Å². The van der Waals surface area contributed by atoms with Crippen molar-refractivity contribution in [2.24, 2.45) is 5.92 Å². The van der Waals surface area contributed by atoms with Crippen LogP contribution in [0, 0.1) is 12.8 Å². The first-order valence-electron chi connectivity index (χ1n) is 7.45. The summed E-state index contributed by atoms with van der Waals surface area (Å²) in [6.45, 7) is 2.55. The molecule has 0 radical (unpaired) electrons. The van der Waals surface area contributed by atoms with Crippen LogP contribution >= 0.6 is 0 Å². The summed E-state index contributed by atoms with van der Waals surface area (Å²) in [5.41, 5.74) is -0.946. The predicted molar refractivity (Wildman–Crippen MR) is 79.5 cm³/mol. The molecular formula is C15H20F3NO3S. The molecule has 2 rings (SSSR count). The van der Waals surface area contributed by atoms with Crippen molar-refractivity contribution in [2.75, 3.05) is 19.8 Å². The molecule has 0 amide bonds. The Morgan fingerprint density at radius 2 is 2.00 bits per heavy atom. The number of ether oxygens (including phenoxy) is 1. The molecule has 0 saturated heterocycles. The maximum absolute atomic E-state index is 12.8. The maximum Gasteiger partial charge on any atom is 0.416 e. The van der Waals surface area contributed by atoms with Crippen molar-refractivity contribution >= 4 is 10.0 Å². The SMILES string of the molecule is Cc1ccc(S(=O)(=O)NCCCOCC2CC2)cc1C(F)(F)F. The number of aryl methyl sites for hydroxylation is 1. The molecule has 1 aromatic rings. The summed E-state index contributed by atoms with van der Waals surface area (Å²) in [4.78, 5) is -0.380. The fourth-order valence-electron chi connectivity index (χ4n) is 2.07. The number of nitrogens with one attached hydrogen (secondary N) is 1. The minimum Gasteiger partial charge on any atom is -0.381 e. The van der Waals surface area contributed by atoms with Gasteiger partial charge in [0.15, 0.2) is 0 Å². The minimum absolute atomic E-state index is 0.00933. The average Bonchev–Trinajstić information content (AvgIpc) is 3.25. The highest BCUT2D eigenvalue weighted by atomic mass is 32.2. The third kappa shape index (κ3) is 5.47. The molecule has 0 heterocycles. The maximum atomic E-state index is 12.8. The molecule has 1 fully saturated rings. The molecule has 4 nitrogen and oxygen atoms in total. The molecule has 0 atom stereocenters. The van der Waals surface area contributed by atoms with Crippen molar-refractivity contribution in [1.29, 1.82) is 0 Å². The molecule has 0 spiro atoms. The van der Waals surface area contributed by atoms with Crippen molar-refractivity contribution in [3.05, 3.63) is 29.3 Å². The van der Waals surface area contributed by atoms with Gasteiger partial charge in [0.25, 0.3) is 0 Å². The largest absolute Gasteiger partial charge is 0.416 e. The molecule has 8 heteroatoms. The van der Waals surface area contributed by atoms with Crippen LogP contribution in [0.15, 0.2) is 23.1 Å². The summed E-state index contributed by atoms with van der Waals surface area (Å²) in [5.74, 6) is 0.639. The summed E-state index contributed by atoms with van der Waals surface area (Å²) in [6.07, 6.45) is -1.74. The van der Waals surface area contributed by atoms with E-state index in [2.05, 4.69) is 4.72 Å². The van der Waals surface area contributed by atoms with Crippen molar-refractivity contribution in [3.8, 4) is 0 Å². The predicted octanol–water partition coefficient (Wildman–Crippen LogP) is 3.11. The van der Waals surface area contributed by atoms with Gasteiger partial charge in [0.05, 0.1) is 10.5 Å². The van der Waals surface area contributed by atoms with Crippen LogP contribution in [0.1, 0.15) is 30.4 Å². The van der Waals surface area contributed by atoms with E-state index < -0.39 is 21.8 Å². The monoisotopic (exact) mass is 351 g/mol. The summed E-state index contributed by atoms with van der Waals surface area (Å²) in [5, 5.41) is 0. The Hall–Kier alpha value is -1.12. The first-order valence-corrected chi connectivity index (χ1v) is 8.94. The van der Waals surface area contributed by atoms with E-state index in [1.807, 2.05) is 0 Å². The van der Waals surface area contributed by atoms with Crippen LogP contribution in [0.3, 0.4) is 0 Å². The number of benzene rings is 1. The van der Waals surface area contributed by atoms with Crippen LogP contribution in [0.4, 0.5) is 13.2 Å². The average molecular weight is 351 g/mol. The molecule has 23 heavy (non-hydrogen) atoms. The third-order valence-electron chi connectivity index (χ3n) is 3.63. The van der Waals surface area contributed by atoms with Crippen molar-refractivity contribution in [2.45, 2.75) is 37.3 Å².